The predicted molar refractivity (Wildman–Crippen MR) is 92.2 cm³/mol. The van der Waals surface area contributed by atoms with E-state index in [-0.39, 0.29) is 5.60 Å². The largest absolute Gasteiger partial charge is 0.367 e. The van der Waals surface area contributed by atoms with Gasteiger partial charge in [-0.15, -0.1) is 0 Å². The lowest BCUT2D eigenvalue weighted by Gasteiger charge is -2.32. The maximum atomic E-state index is 6.21. The van der Waals surface area contributed by atoms with Crippen LogP contribution < -0.4 is 0 Å². The van der Waals surface area contributed by atoms with Gasteiger partial charge in [-0.25, -0.2) is 4.98 Å². The number of hydrogen-bond donors (Lipinski definition) is 1. The molecule has 1 heterocycles. The van der Waals surface area contributed by atoms with Crippen molar-refractivity contribution in [2.75, 3.05) is 6.61 Å². The van der Waals surface area contributed by atoms with Crippen molar-refractivity contribution in [2.45, 2.75) is 70.8 Å². The summed E-state index contributed by atoms with van der Waals surface area (Å²) < 4.78 is 7.76. The highest BCUT2D eigenvalue weighted by Gasteiger charge is 2.36. The first kappa shape index (κ1) is 17.1. The molecule has 1 aliphatic carbocycles. The fraction of sp³-hybridized carbons (Fsp3) is 0.750. The number of aromatic nitrogens is 2. The molecule has 118 valence electrons. The van der Waals surface area contributed by atoms with Crippen molar-refractivity contribution in [3.8, 4) is 0 Å². The predicted octanol–water partition coefficient (Wildman–Crippen LogP) is 5.61. The highest BCUT2D eigenvalue weighted by Crippen LogP contribution is 2.39. The summed E-state index contributed by atoms with van der Waals surface area (Å²) in [6.07, 6.45) is 6.99. The molecule has 1 aromatic rings. The van der Waals surface area contributed by atoms with Crippen LogP contribution in [-0.2, 0) is 10.3 Å². The van der Waals surface area contributed by atoms with E-state index in [2.05, 4.69) is 46.7 Å². The van der Waals surface area contributed by atoms with Crippen LogP contribution in [0.3, 0.4) is 0 Å². The molecule has 5 heteroatoms. The second-order valence-corrected chi connectivity index (χ2v) is 7.29. The van der Waals surface area contributed by atoms with Crippen LogP contribution in [0.1, 0.15) is 76.7 Å². The van der Waals surface area contributed by atoms with Crippen molar-refractivity contribution in [1.82, 2.24) is 9.97 Å². The number of nitrogens with one attached hydrogen (secondary N) is 1. The van der Waals surface area contributed by atoms with Crippen molar-refractivity contribution in [2.24, 2.45) is 0 Å². The smallest absolute Gasteiger partial charge is 0.144 e. The fourth-order valence-electron chi connectivity index (χ4n) is 3.12. The summed E-state index contributed by atoms with van der Waals surface area (Å²) in [6.45, 7) is 7.09. The number of H-pyrrole nitrogens is 1. The van der Waals surface area contributed by atoms with Gasteiger partial charge >= 0.3 is 0 Å². The number of halogens is 1. The van der Waals surface area contributed by atoms with E-state index in [1.165, 1.54) is 25.7 Å². The minimum atomic E-state index is -0.289. The zero-order chi connectivity index (χ0) is 15.5. The van der Waals surface area contributed by atoms with E-state index in [0.717, 1.165) is 28.8 Å². The molecule has 0 atom stereocenters. The molecule has 0 saturated heterocycles. The molecule has 0 amide bonds. The van der Waals surface area contributed by atoms with Gasteiger partial charge in [0, 0.05) is 12.3 Å². The Bertz CT molecular complexity index is 534. The topological polar surface area (TPSA) is 37.9 Å². The van der Waals surface area contributed by atoms with Gasteiger partial charge in [-0.1, -0.05) is 51.7 Å². The molecule has 1 aliphatic rings. The Morgan fingerprint density at radius 2 is 1.90 bits per heavy atom. The molecule has 2 rings (SSSR count). The zero-order valence-corrected chi connectivity index (χ0v) is 15.6. The molecular formula is C16H25BrN2OS. The van der Waals surface area contributed by atoms with E-state index in [4.69, 9.17) is 17.0 Å². The molecule has 21 heavy (non-hydrogen) atoms. The zero-order valence-electron chi connectivity index (χ0n) is 13.2. The Kier molecular flexibility index (Phi) is 5.97. The summed E-state index contributed by atoms with van der Waals surface area (Å²) >= 11 is 9.02. The standard InChI is InChI=1S/C16H25BrN2OS/c1-4-20-16(9-7-5-6-8-10-16)15-18-13(11(2)3)12(17)14(21)19-15/h11H,4-10H2,1-3H3,(H,18,19,21). The van der Waals surface area contributed by atoms with E-state index in [9.17, 15) is 0 Å². The molecule has 0 spiro atoms. The molecule has 1 N–H and O–H groups in total. The first-order valence-electron chi connectivity index (χ1n) is 7.94. The van der Waals surface area contributed by atoms with Crippen LogP contribution in [0.5, 0.6) is 0 Å². The minimum absolute atomic E-state index is 0.289. The number of nitrogens with zero attached hydrogens (tertiary/aromatic N) is 1. The highest BCUT2D eigenvalue weighted by molar-refractivity contribution is 9.10. The van der Waals surface area contributed by atoms with Crippen LogP contribution in [0.4, 0.5) is 0 Å². The Morgan fingerprint density at radius 3 is 2.43 bits per heavy atom. The van der Waals surface area contributed by atoms with E-state index < -0.39 is 0 Å². The quantitative estimate of drug-likeness (QED) is 0.551. The third kappa shape index (κ3) is 3.74. The molecule has 1 fully saturated rings. The second-order valence-electron chi connectivity index (χ2n) is 6.11. The lowest BCUT2D eigenvalue weighted by atomic mass is 9.92. The van der Waals surface area contributed by atoms with Crippen LogP contribution in [0.2, 0.25) is 0 Å². The molecule has 3 nitrogen and oxygen atoms in total. The monoisotopic (exact) mass is 372 g/mol. The van der Waals surface area contributed by atoms with E-state index in [1.807, 2.05) is 0 Å². The van der Waals surface area contributed by atoms with Gasteiger partial charge in [0.1, 0.15) is 16.1 Å². The van der Waals surface area contributed by atoms with Gasteiger partial charge in [0.2, 0.25) is 0 Å². The lowest BCUT2D eigenvalue weighted by molar-refractivity contribution is -0.0627. The van der Waals surface area contributed by atoms with Crippen molar-refractivity contribution < 1.29 is 4.74 Å². The van der Waals surface area contributed by atoms with Crippen LogP contribution in [0.25, 0.3) is 0 Å². The Morgan fingerprint density at radius 1 is 1.29 bits per heavy atom. The summed E-state index contributed by atoms with van der Waals surface area (Å²) in [5.41, 5.74) is 0.830. The molecule has 0 bridgehead atoms. The normalized spacial score (nSPS) is 18.7. The van der Waals surface area contributed by atoms with E-state index >= 15 is 0 Å². The maximum absolute atomic E-state index is 6.21. The molecule has 0 radical (unpaired) electrons. The Hall–Kier alpha value is -0.260. The summed E-state index contributed by atoms with van der Waals surface area (Å²) in [6, 6.07) is 0. The molecule has 0 aromatic carbocycles. The second kappa shape index (κ2) is 7.34. The summed E-state index contributed by atoms with van der Waals surface area (Å²) in [5.74, 6) is 1.29. The fourth-order valence-corrected chi connectivity index (χ4v) is 3.96. The van der Waals surface area contributed by atoms with Gasteiger partial charge in [0.05, 0.1) is 4.47 Å². The van der Waals surface area contributed by atoms with Crippen molar-refractivity contribution in [3.63, 3.8) is 0 Å². The SMILES string of the molecule is CCOC1(c2nc(=S)c(Br)c(C(C)C)[nH]2)CCCCCC1. The van der Waals surface area contributed by atoms with Gasteiger partial charge in [0.15, 0.2) is 0 Å². The van der Waals surface area contributed by atoms with Gasteiger partial charge in [0.25, 0.3) is 0 Å². The maximum Gasteiger partial charge on any atom is 0.144 e. The number of rotatable bonds is 4. The van der Waals surface area contributed by atoms with Crippen molar-refractivity contribution in [3.05, 3.63) is 20.6 Å². The van der Waals surface area contributed by atoms with Crippen LogP contribution in [-0.4, -0.2) is 16.6 Å². The average molecular weight is 373 g/mol. The summed E-state index contributed by atoms with van der Waals surface area (Å²) in [5, 5.41) is 0. The first-order chi connectivity index (χ1) is 10.00. The van der Waals surface area contributed by atoms with Crippen LogP contribution >= 0.6 is 28.1 Å². The third-order valence-electron chi connectivity index (χ3n) is 4.23. The molecular weight excluding hydrogens is 348 g/mol. The Balaban J connectivity index is 2.52. The van der Waals surface area contributed by atoms with Gasteiger partial charge < -0.3 is 9.72 Å². The van der Waals surface area contributed by atoms with Crippen molar-refractivity contribution in [1.29, 1.82) is 0 Å². The molecule has 1 saturated carbocycles. The lowest BCUT2D eigenvalue weighted by Crippen LogP contribution is -2.32. The number of ether oxygens (including phenoxy) is 1. The summed E-state index contributed by atoms with van der Waals surface area (Å²) in [4.78, 5) is 8.19. The number of aromatic amines is 1. The first-order valence-corrected chi connectivity index (χ1v) is 9.14. The average Bonchev–Trinajstić information content (AvgIpc) is 2.68. The van der Waals surface area contributed by atoms with E-state index in [1.54, 1.807) is 0 Å². The molecule has 0 unspecified atom stereocenters. The summed E-state index contributed by atoms with van der Waals surface area (Å²) in [7, 11) is 0. The number of hydrogen-bond acceptors (Lipinski definition) is 3. The van der Waals surface area contributed by atoms with E-state index in [0.29, 0.717) is 17.2 Å². The molecule has 0 aliphatic heterocycles. The van der Waals surface area contributed by atoms with Crippen LogP contribution in [0.15, 0.2) is 4.47 Å². The van der Waals surface area contributed by atoms with Gasteiger partial charge in [-0.2, -0.15) is 0 Å². The minimum Gasteiger partial charge on any atom is -0.367 e. The third-order valence-corrected chi connectivity index (χ3v) is 5.59. The Labute approximate surface area is 141 Å². The van der Waals surface area contributed by atoms with Gasteiger partial charge in [-0.3, -0.25) is 0 Å². The van der Waals surface area contributed by atoms with Gasteiger partial charge in [-0.05, 0) is 41.6 Å². The highest BCUT2D eigenvalue weighted by atomic mass is 79.9. The molecule has 1 aromatic heterocycles. The van der Waals surface area contributed by atoms with Crippen LogP contribution in [0, 0.1) is 4.64 Å². The van der Waals surface area contributed by atoms with Crippen molar-refractivity contribution >= 4 is 28.1 Å².